The maximum atomic E-state index is 5.32. The van der Waals surface area contributed by atoms with Crippen LogP contribution in [0.3, 0.4) is 0 Å². The van der Waals surface area contributed by atoms with Gasteiger partial charge in [0.25, 0.3) is 0 Å². The Bertz CT molecular complexity index is 116. The third kappa shape index (κ3) is 1.74. The quantitative estimate of drug-likeness (QED) is 0.524. The Balaban J connectivity index is 2.40. The SMILES string of the molecule is CCC1=COC(C)CC1. The number of ether oxygens (including phenoxy) is 1. The number of allylic oxidation sites excluding steroid dienone is 1. The van der Waals surface area contributed by atoms with Crippen LogP contribution in [0.25, 0.3) is 0 Å². The molecule has 1 rings (SSSR count). The molecule has 0 aromatic rings. The van der Waals surface area contributed by atoms with E-state index in [1.165, 1.54) is 18.4 Å². The number of rotatable bonds is 1. The Morgan fingerprint density at radius 3 is 3.00 bits per heavy atom. The van der Waals surface area contributed by atoms with E-state index in [9.17, 15) is 0 Å². The third-order valence-electron chi connectivity index (χ3n) is 1.79. The molecule has 0 fully saturated rings. The molecule has 52 valence electrons. The van der Waals surface area contributed by atoms with Gasteiger partial charge in [0.1, 0.15) is 0 Å². The van der Waals surface area contributed by atoms with E-state index in [0.29, 0.717) is 6.10 Å². The summed E-state index contributed by atoms with van der Waals surface area (Å²) in [6, 6.07) is 0. The summed E-state index contributed by atoms with van der Waals surface area (Å²) in [6.45, 7) is 4.29. The molecule has 0 aromatic carbocycles. The smallest absolute Gasteiger partial charge is 0.0953 e. The average Bonchev–Trinajstić information content (AvgIpc) is 1.90. The predicted octanol–water partition coefficient (Wildman–Crippen LogP) is 2.48. The van der Waals surface area contributed by atoms with Crippen LogP contribution >= 0.6 is 0 Å². The van der Waals surface area contributed by atoms with Gasteiger partial charge in [-0.3, -0.25) is 0 Å². The van der Waals surface area contributed by atoms with Crippen molar-refractivity contribution in [2.45, 2.75) is 39.2 Å². The zero-order valence-corrected chi connectivity index (χ0v) is 6.18. The molecule has 0 saturated heterocycles. The van der Waals surface area contributed by atoms with Gasteiger partial charge in [0.05, 0.1) is 12.4 Å². The molecule has 1 atom stereocenters. The molecule has 1 aliphatic heterocycles. The molecule has 9 heavy (non-hydrogen) atoms. The van der Waals surface area contributed by atoms with Gasteiger partial charge in [0.2, 0.25) is 0 Å². The van der Waals surface area contributed by atoms with Crippen LogP contribution in [0.2, 0.25) is 0 Å². The lowest BCUT2D eigenvalue weighted by atomic mass is 10.1. The minimum atomic E-state index is 0.445. The third-order valence-corrected chi connectivity index (χ3v) is 1.79. The van der Waals surface area contributed by atoms with Gasteiger partial charge in [0, 0.05) is 0 Å². The van der Waals surface area contributed by atoms with Gasteiger partial charge in [-0.1, -0.05) is 6.92 Å². The van der Waals surface area contributed by atoms with Crippen LogP contribution in [0.1, 0.15) is 33.1 Å². The van der Waals surface area contributed by atoms with E-state index in [1.54, 1.807) is 0 Å². The van der Waals surface area contributed by atoms with Crippen LogP contribution in [0.5, 0.6) is 0 Å². The van der Waals surface area contributed by atoms with Crippen LogP contribution in [0.15, 0.2) is 11.8 Å². The molecule has 0 amide bonds. The second-order valence-electron chi connectivity index (χ2n) is 2.62. The topological polar surface area (TPSA) is 9.23 Å². The maximum absolute atomic E-state index is 5.32. The summed E-state index contributed by atoms with van der Waals surface area (Å²) in [4.78, 5) is 0. The van der Waals surface area contributed by atoms with Gasteiger partial charge < -0.3 is 4.74 Å². The summed E-state index contributed by atoms with van der Waals surface area (Å²) < 4.78 is 5.32. The summed E-state index contributed by atoms with van der Waals surface area (Å²) >= 11 is 0. The Kier molecular flexibility index (Phi) is 2.15. The minimum absolute atomic E-state index is 0.445. The van der Waals surface area contributed by atoms with Crippen LogP contribution < -0.4 is 0 Å². The summed E-state index contributed by atoms with van der Waals surface area (Å²) in [5.74, 6) is 0. The molecule has 0 spiro atoms. The first-order valence-corrected chi connectivity index (χ1v) is 3.66. The van der Waals surface area contributed by atoms with Crippen LogP contribution in [0.4, 0.5) is 0 Å². The highest BCUT2D eigenvalue weighted by Gasteiger charge is 2.08. The van der Waals surface area contributed by atoms with Crippen molar-refractivity contribution in [1.29, 1.82) is 0 Å². The zero-order valence-electron chi connectivity index (χ0n) is 6.18. The van der Waals surface area contributed by atoms with E-state index in [-0.39, 0.29) is 0 Å². The molecule has 0 N–H and O–H groups in total. The van der Waals surface area contributed by atoms with Crippen molar-refractivity contribution >= 4 is 0 Å². The molecule has 0 saturated carbocycles. The first kappa shape index (κ1) is 6.66. The number of hydrogen-bond donors (Lipinski definition) is 0. The van der Waals surface area contributed by atoms with Gasteiger partial charge >= 0.3 is 0 Å². The Hall–Kier alpha value is -0.460. The Labute approximate surface area is 56.7 Å². The lowest BCUT2D eigenvalue weighted by Gasteiger charge is -2.18. The fourth-order valence-electron chi connectivity index (χ4n) is 0.988. The summed E-state index contributed by atoms with van der Waals surface area (Å²) in [5.41, 5.74) is 1.45. The van der Waals surface area contributed by atoms with E-state index < -0.39 is 0 Å². The highest BCUT2D eigenvalue weighted by atomic mass is 16.5. The average molecular weight is 126 g/mol. The first-order valence-electron chi connectivity index (χ1n) is 3.66. The molecule has 1 aliphatic rings. The van der Waals surface area contributed by atoms with Crippen LogP contribution in [0, 0.1) is 0 Å². The van der Waals surface area contributed by atoms with Gasteiger partial charge in [-0.15, -0.1) is 0 Å². The highest BCUT2D eigenvalue weighted by Crippen LogP contribution is 2.18. The van der Waals surface area contributed by atoms with Crippen LogP contribution in [-0.2, 0) is 4.74 Å². The molecule has 1 heterocycles. The predicted molar refractivity (Wildman–Crippen MR) is 38.2 cm³/mol. The van der Waals surface area contributed by atoms with Gasteiger partial charge in [-0.2, -0.15) is 0 Å². The molecule has 1 heteroatoms. The Morgan fingerprint density at radius 1 is 1.78 bits per heavy atom. The van der Waals surface area contributed by atoms with Crippen LogP contribution in [-0.4, -0.2) is 6.10 Å². The molecule has 1 nitrogen and oxygen atoms in total. The minimum Gasteiger partial charge on any atom is -0.498 e. The maximum Gasteiger partial charge on any atom is 0.0953 e. The molecular formula is C8H14O. The fraction of sp³-hybridized carbons (Fsp3) is 0.750. The molecule has 0 bridgehead atoms. The summed E-state index contributed by atoms with van der Waals surface area (Å²) in [6.07, 6.45) is 5.94. The molecule has 0 radical (unpaired) electrons. The van der Waals surface area contributed by atoms with E-state index in [4.69, 9.17) is 4.74 Å². The van der Waals surface area contributed by atoms with Crippen molar-refractivity contribution < 1.29 is 4.74 Å². The standard InChI is InChI=1S/C8H14O/c1-3-8-5-4-7(2)9-6-8/h6-7H,3-5H2,1-2H3. The molecule has 0 aliphatic carbocycles. The van der Waals surface area contributed by atoms with Crippen molar-refractivity contribution in [1.82, 2.24) is 0 Å². The second-order valence-corrected chi connectivity index (χ2v) is 2.62. The number of hydrogen-bond acceptors (Lipinski definition) is 1. The molecule has 1 unspecified atom stereocenters. The zero-order chi connectivity index (χ0) is 6.69. The fourth-order valence-corrected chi connectivity index (χ4v) is 0.988. The van der Waals surface area contributed by atoms with Crippen molar-refractivity contribution in [2.24, 2.45) is 0 Å². The Morgan fingerprint density at radius 2 is 2.56 bits per heavy atom. The molecular weight excluding hydrogens is 112 g/mol. The monoisotopic (exact) mass is 126 g/mol. The second kappa shape index (κ2) is 2.90. The van der Waals surface area contributed by atoms with E-state index in [2.05, 4.69) is 13.8 Å². The van der Waals surface area contributed by atoms with E-state index in [1.807, 2.05) is 6.26 Å². The van der Waals surface area contributed by atoms with Crippen molar-refractivity contribution in [2.75, 3.05) is 0 Å². The van der Waals surface area contributed by atoms with Crippen molar-refractivity contribution in [3.05, 3.63) is 11.8 Å². The molecule has 0 aromatic heterocycles. The lowest BCUT2D eigenvalue weighted by molar-refractivity contribution is 0.135. The normalized spacial score (nSPS) is 26.9. The van der Waals surface area contributed by atoms with Crippen molar-refractivity contribution in [3.63, 3.8) is 0 Å². The lowest BCUT2D eigenvalue weighted by Crippen LogP contribution is -2.09. The van der Waals surface area contributed by atoms with E-state index >= 15 is 0 Å². The first-order chi connectivity index (χ1) is 4.33. The van der Waals surface area contributed by atoms with Gasteiger partial charge in [0.15, 0.2) is 0 Å². The largest absolute Gasteiger partial charge is 0.498 e. The summed E-state index contributed by atoms with van der Waals surface area (Å²) in [5, 5.41) is 0. The van der Waals surface area contributed by atoms with Crippen molar-refractivity contribution in [3.8, 4) is 0 Å². The van der Waals surface area contributed by atoms with Gasteiger partial charge in [-0.25, -0.2) is 0 Å². The van der Waals surface area contributed by atoms with E-state index in [0.717, 1.165) is 6.42 Å². The summed E-state index contributed by atoms with van der Waals surface area (Å²) in [7, 11) is 0. The highest BCUT2D eigenvalue weighted by molar-refractivity contribution is 4.99. The van der Waals surface area contributed by atoms with Gasteiger partial charge in [-0.05, 0) is 31.8 Å².